The Morgan fingerprint density at radius 3 is 2.46 bits per heavy atom. The molecule has 1 aromatic carbocycles. The van der Waals surface area contributed by atoms with E-state index < -0.39 is 17.2 Å². The summed E-state index contributed by atoms with van der Waals surface area (Å²) >= 11 is 12.2. The van der Waals surface area contributed by atoms with Crippen LogP contribution in [-0.2, 0) is 11.3 Å². The van der Waals surface area contributed by atoms with Gasteiger partial charge in [0, 0.05) is 34.8 Å². The topological polar surface area (TPSA) is 101 Å². The van der Waals surface area contributed by atoms with Crippen LogP contribution < -0.4 is 21.9 Å². The van der Waals surface area contributed by atoms with Crippen molar-refractivity contribution in [3.63, 3.8) is 0 Å². The van der Waals surface area contributed by atoms with Crippen LogP contribution in [0.1, 0.15) is 32.3 Å². The molecular weight excluding hydrogens is 403 g/mol. The van der Waals surface area contributed by atoms with Crippen molar-refractivity contribution in [2.45, 2.75) is 33.2 Å². The van der Waals surface area contributed by atoms with Gasteiger partial charge in [-0.25, -0.2) is 4.79 Å². The molecule has 28 heavy (non-hydrogen) atoms. The van der Waals surface area contributed by atoms with Gasteiger partial charge < -0.3 is 10.6 Å². The normalized spacial score (nSPS) is 11.1. The van der Waals surface area contributed by atoms with Crippen LogP contribution in [0.15, 0.2) is 33.9 Å². The summed E-state index contributed by atoms with van der Waals surface area (Å²) in [6.07, 6.45) is 4.29. The molecule has 1 heterocycles. The van der Waals surface area contributed by atoms with Gasteiger partial charge in [-0.15, -0.1) is 0 Å². The Morgan fingerprint density at radius 2 is 1.89 bits per heavy atom. The van der Waals surface area contributed by atoms with Crippen LogP contribution in [0.2, 0.25) is 10.0 Å². The summed E-state index contributed by atoms with van der Waals surface area (Å²) in [4.78, 5) is 40.6. The molecule has 2 rings (SSSR count). The fourth-order valence-electron chi connectivity index (χ4n) is 2.72. The second-order valence-electron chi connectivity index (χ2n) is 6.05. The maximum atomic E-state index is 12.7. The number of nitrogens with two attached hydrogens (primary N) is 1. The molecule has 2 aromatic rings. The average Bonchev–Trinajstić information content (AvgIpc) is 2.64. The number of carbonyl (C=O) groups excluding carboxylic acids is 1. The lowest BCUT2D eigenvalue weighted by Crippen LogP contribution is -2.40. The number of carbonyl (C=O) groups is 1. The minimum absolute atomic E-state index is 0.0402. The number of rotatable bonds is 7. The molecule has 0 saturated heterocycles. The van der Waals surface area contributed by atoms with Crippen LogP contribution in [0.5, 0.6) is 0 Å². The van der Waals surface area contributed by atoms with Crippen LogP contribution in [0, 0.1) is 0 Å². The number of aromatic nitrogens is 2. The van der Waals surface area contributed by atoms with Crippen molar-refractivity contribution in [1.82, 2.24) is 9.55 Å². The number of hydrogen-bond acceptors (Lipinski definition) is 4. The molecule has 1 amide bonds. The number of unbranched alkanes of at least 4 members (excludes halogenated alkanes) is 1. The van der Waals surface area contributed by atoms with E-state index in [2.05, 4.69) is 4.98 Å². The molecule has 0 spiro atoms. The number of anilines is 2. The van der Waals surface area contributed by atoms with E-state index in [9.17, 15) is 14.4 Å². The van der Waals surface area contributed by atoms with E-state index in [4.69, 9.17) is 28.9 Å². The van der Waals surface area contributed by atoms with Crippen molar-refractivity contribution in [1.29, 1.82) is 0 Å². The number of nitrogens with zero attached hydrogens (tertiary/aromatic N) is 2. The summed E-state index contributed by atoms with van der Waals surface area (Å²) in [6, 6.07) is 5.00. The third-order valence-corrected chi connectivity index (χ3v) is 4.85. The van der Waals surface area contributed by atoms with Gasteiger partial charge >= 0.3 is 5.69 Å². The van der Waals surface area contributed by atoms with Crippen molar-refractivity contribution in [3.8, 4) is 0 Å². The Balaban J connectivity index is 2.45. The third kappa shape index (κ3) is 4.66. The van der Waals surface area contributed by atoms with E-state index in [1.54, 1.807) is 25.1 Å². The number of nitrogen functional groups attached to an aromatic ring is 1. The molecule has 9 heteroatoms. The van der Waals surface area contributed by atoms with E-state index in [-0.39, 0.29) is 18.1 Å². The first kappa shape index (κ1) is 21.8. The molecule has 0 radical (unpaired) electrons. The Hall–Kier alpha value is -2.51. The third-order valence-electron chi connectivity index (χ3n) is 4.19. The second-order valence-corrected chi connectivity index (χ2v) is 6.86. The van der Waals surface area contributed by atoms with Gasteiger partial charge in [-0.05, 0) is 31.6 Å². The lowest BCUT2D eigenvalue weighted by molar-refractivity contribution is -0.114. The average molecular weight is 425 g/mol. The number of likely N-dealkylation sites (N-methyl/N-ethyl adjacent to an activating group) is 1. The molecular formula is C19H22Cl2N4O3. The molecule has 0 aliphatic carbocycles. The van der Waals surface area contributed by atoms with Gasteiger partial charge in [0.1, 0.15) is 5.82 Å². The highest BCUT2D eigenvalue weighted by Gasteiger charge is 2.21. The number of H-pyrrole nitrogens is 1. The van der Waals surface area contributed by atoms with Gasteiger partial charge in [-0.2, -0.15) is 0 Å². The van der Waals surface area contributed by atoms with Crippen LogP contribution in [-0.4, -0.2) is 22.0 Å². The summed E-state index contributed by atoms with van der Waals surface area (Å²) < 4.78 is 1.27. The van der Waals surface area contributed by atoms with Gasteiger partial charge in [-0.3, -0.25) is 19.1 Å². The molecule has 3 N–H and O–H groups in total. The number of nitrogens with one attached hydrogen (secondary N) is 1. The van der Waals surface area contributed by atoms with Crippen LogP contribution in [0.25, 0.3) is 6.08 Å². The highest BCUT2D eigenvalue weighted by atomic mass is 35.5. The Kier molecular flexibility index (Phi) is 7.48. The minimum atomic E-state index is -0.713. The first-order valence-electron chi connectivity index (χ1n) is 8.87. The highest BCUT2D eigenvalue weighted by Crippen LogP contribution is 2.26. The summed E-state index contributed by atoms with van der Waals surface area (Å²) in [5, 5.41) is 0.787. The van der Waals surface area contributed by atoms with Crippen molar-refractivity contribution >= 4 is 46.7 Å². The smallest absolute Gasteiger partial charge is 0.330 e. The van der Waals surface area contributed by atoms with Gasteiger partial charge in [0.25, 0.3) is 11.5 Å². The van der Waals surface area contributed by atoms with Gasteiger partial charge in [0.05, 0.1) is 0 Å². The SMILES string of the molecule is CCCCn1c(N)c(N(CC)C(=O)/C=C/c2c(Cl)cccc2Cl)c(=O)[nH]c1=O. The summed E-state index contributed by atoms with van der Waals surface area (Å²) in [7, 11) is 0. The Morgan fingerprint density at radius 1 is 1.25 bits per heavy atom. The number of amides is 1. The van der Waals surface area contributed by atoms with E-state index >= 15 is 0 Å². The molecule has 0 bridgehead atoms. The molecule has 0 aliphatic heterocycles. The lowest BCUT2D eigenvalue weighted by Gasteiger charge is -2.22. The Labute approximate surface area is 172 Å². The fraction of sp³-hybridized carbons (Fsp3) is 0.316. The van der Waals surface area contributed by atoms with Gasteiger partial charge in [-0.1, -0.05) is 42.6 Å². The number of benzene rings is 1. The standard InChI is InChI=1S/C19H22Cl2N4O3/c1-3-5-11-25-17(22)16(18(27)23-19(25)28)24(4-2)15(26)10-9-12-13(20)7-6-8-14(12)21/h6-10H,3-5,11,22H2,1-2H3,(H,23,27,28)/b10-9+. The highest BCUT2D eigenvalue weighted by molar-refractivity contribution is 6.37. The number of halogens is 2. The fourth-order valence-corrected chi connectivity index (χ4v) is 3.24. The first-order valence-corrected chi connectivity index (χ1v) is 9.63. The zero-order chi connectivity index (χ0) is 20.8. The summed E-state index contributed by atoms with van der Waals surface area (Å²) in [5.74, 6) is -0.530. The maximum Gasteiger partial charge on any atom is 0.330 e. The largest absolute Gasteiger partial charge is 0.383 e. The number of aromatic amines is 1. The molecule has 0 saturated carbocycles. The zero-order valence-corrected chi connectivity index (χ0v) is 17.2. The van der Waals surface area contributed by atoms with Gasteiger partial charge in [0.2, 0.25) is 0 Å². The van der Waals surface area contributed by atoms with E-state index in [0.717, 1.165) is 6.42 Å². The number of hydrogen-bond donors (Lipinski definition) is 2. The molecule has 7 nitrogen and oxygen atoms in total. The zero-order valence-electron chi connectivity index (χ0n) is 15.7. The quantitative estimate of drug-likeness (QED) is 0.665. The van der Waals surface area contributed by atoms with E-state index in [1.807, 2.05) is 6.92 Å². The van der Waals surface area contributed by atoms with Crippen LogP contribution >= 0.6 is 23.2 Å². The molecule has 0 aliphatic rings. The second kappa shape index (κ2) is 9.61. The van der Waals surface area contributed by atoms with E-state index in [0.29, 0.717) is 28.6 Å². The maximum absolute atomic E-state index is 12.7. The van der Waals surface area contributed by atoms with Gasteiger partial charge in [0.15, 0.2) is 5.69 Å². The van der Waals surface area contributed by atoms with Crippen molar-refractivity contribution in [2.75, 3.05) is 17.2 Å². The molecule has 0 atom stereocenters. The predicted molar refractivity (Wildman–Crippen MR) is 114 cm³/mol. The molecule has 150 valence electrons. The predicted octanol–water partition coefficient (Wildman–Crippen LogP) is 3.29. The van der Waals surface area contributed by atoms with Crippen LogP contribution in [0.4, 0.5) is 11.5 Å². The monoisotopic (exact) mass is 424 g/mol. The lowest BCUT2D eigenvalue weighted by atomic mass is 10.2. The summed E-state index contributed by atoms with van der Waals surface area (Å²) in [6.45, 7) is 4.20. The minimum Gasteiger partial charge on any atom is -0.383 e. The molecule has 0 fully saturated rings. The van der Waals surface area contributed by atoms with Crippen molar-refractivity contribution in [3.05, 3.63) is 60.7 Å². The molecule has 1 aromatic heterocycles. The molecule has 0 unspecified atom stereocenters. The Bertz CT molecular complexity index is 991. The van der Waals surface area contributed by atoms with Crippen molar-refractivity contribution in [2.24, 2.45) is 0 Å². The first-order chi connectivity index (χ1) is 13.3. The van der Waals surface area contributed by atoms with E-state index in [1.165, 1.54) is 21.6 Å². The van der Waals surface area contributed by atoms with Crippen molar-refractivity contribution < 1.29 is 4.79 Å². The van der Waals surface area contributed by atoms with Crippen LogP contribution in [0.3, 0.4) is 0 Å². The summed E-state index contributed by atoms with van der Waals surface area (Å²) in [5.41, 5.74) is 5.20.